The SMILES string of the molecule is O=C1Nc2c(Cc3ccccc3)cc(Cl)cc2C1=NNc1c(C(=O)O)cccc1-c1ccccc1O. The highest BCUT2D eigenvalue weighted by atomic mass is 35.5. The predicted molar refractivity (Wildman–Crippen MR) is 140 cm³/mol. The fraction of sp³-hybridized carbons (Fsp3) is 0.0357. The zero-order valence-electron chi connectivity index (χ0n) is 18.8. The first-order chi connectivity index (χ1) is 17.4. The Morgan fingerprint density at radius 3 is 2.39 bits per heavy atom. The number of amides is 1. The number of halogens is 1. The first kappa shape index (κ1) is 23.1. The maximum Gasteiger partial charge on any atom is 0.337 e. The lowest BCUT2D eigenvalue weighted by Crippen LogP contribution is -2.16. The van der Waals surface area contributed by atoms with Gasteiger partial charge in [-0.2, -0.15) is 5.10 Å². The Morgan fingerprint density at radius 2 is 1.64 bits per heavy atom. The molecule has 36 heavy (non-hydrogen) atoms. The summed E-state index contributed by atoms with van der Waals surface area (Å²) in [5, 5.41) is 27.8. The molecule has 0 aliphatic carbocycles. The molecule has 1 heterocycles. The maximum atomic E-state index is 12.9. The van der Waals surface area contributed by atoms with E-state index in [9.17, 15) is 19.8 Å². The molecule has 178 valence electrons. The first-order valence-electron chi connectivity index (χ1n) is 11.1. The molecule has 1 aliphatic heterocycles. The number of nitrogens with one attached hydrogen (secondary N) is 2. The molecule has 0 radical (unpaired) electrons. The lowest BCUT2D eigenvalue weighted by Gasteiger charge is -2.14. The van der Waals surface area contributed by atoms with Gasteiger partial charge in [-0.3, -0.25) is 10.2 Å². The van der Waals surface area contributed by atoms with Crippen LogP contribution in [0.5, 0.6) is 5.75 Å². The predicted octanol–water partition coefficient (Wildman–Crippen LogP) is 5.77. The number of nitrogens with zero attached hydrogens (tertiary/aromatic N) is 1. The molecule has 0 saturated carbocycles. The van der Waals surface area contributed by atoms with Crippen LogP contribution >= 0.6 is 11.6 Å². The van der Waals surface area contributed by atoms with Crippen LogP contribution in [0.15, 0.2) is 90.0 Å². The second-order valence-electron chi connectivity index (χ2n) is 8.23. The van der Waals surface area contributed by atoms with Crippen molar-refractivity contribution in [2.45, 2.75) is 6.42 Å². The molecular weight excluding hydrogens is 478 g/mol. The number of carboxylic acids is 1. The van der Waals surface area contributed by atoms with Crippen LogP contribution < -0.4 is 10.7 Å². The van der Waals surface area contributed by atoms with Crippen LogP contribution in [-0.2, 0) is 11.2 Å². The summed E-state index contributed by atoms with van der Waals surface area (Å²) in [6.07, 6.45) is 0.560. The molecule has 4 aromatic carbocycles. The second-order valence-corrected chi connectivity index (χ2v) is 8.66. The molecule has 4 aromatic rings. The number of aromatic carboxylic acids is 1. The van der Waals surface area contributed by atoms with Gasteiger partial charge >= 0.3 is 5.97 Å². The average molecular weight is 498 g/mol. The largest absolute Gasteiger partial charge is 0.507 e. The number of hydrogen-bond acceptors (Lipinski definition) is 5. The number of carbonyl (C=O) groups excluding carboxylic acids is 1. The van der Waals surface area contributed by atoms with Gasteiger partial charge in [-0.15, -0.1) is 0 Å². The van der Waals surface area contributed by atoms with Gasteiger partial charge in [0.25, 0.3) is 5.91 Å². The number of phenolic OH excluding ortho intramolecular Hbond substituents is 1. The number of anilines is 2. The molecule has 7 nitrogen and oxygen atoms in total. The Hall–Kier alpha value is -4.62. The highest BCUT2D eigenvalue weighted by molar-refractivity contribution is 6.54. The molecule has 8 heteroatoms. The quantitative estimate of drug-likeness (QED) is 0.253. The molecule has 0 bridgehead atoms. The highest BCUT2D eigenvalue weighted by Gasteiger charge is 2.29. The van der Waals surface area contributed by atoms with E-state index in [1.807, 2.05) is 30.3 Å². The summed E-state index contributed by atoms with van der Waals surface area (Å²) in [5.41, 5.74) is 6.81. The molecule has 1 aliphatic rings. The van der Waals surface area contributed by atoms with Crippen molar-refractivity contribution in [2.24, 2.45) is 5.10 Å². The van der Waals surface area contributed by atoms with E-state index >= 15 is 0 Å². The summed E-state index contributed by atoms with van der Waals surface area (Å²) in [6.45, 7) is 0. The van der Waals surface area contributed by atoms with E-state index in [0.717, 1.165) is 11.1 Å². The van der Waals surface area contributed by atoms with E-state index < -0.39 is 11.9 Å². The molecule has 0 saturated heterocycles. The third-order valence-corrected chi connectivity index (χ3v) is 6.12. The van der Waals surface area contributed by atoms with Gasteiger partial charge in [0, 0.05) is 21.7 Å². The van der Waals surface area contributed by atoms with Gasteiger partial charge in [-0.05, 0) is 41.8 Å². The fourth-order valence-electron chi connectivity index (χ4n) is 4.25. The average Bonchev–Trinajstić information content (AvgIpc) is 3.18. The van der Waals surface area contributed by atoms with E-state index in [-0.39, 0.29) is 22.7 Å². The molecule has 5 rings (SSSR count). The minimum Gasteiger partial charge on any atom is -0.507 e. The van der Waals surface area contributed by atoms with E-state index in [0.29, 0.717) is 33.8 Å². The topological polar surface area (TPSA) is 111 Å². The molecule has 4 N–H and O–H groups in total. The molecule has 1 amide bonds. The molecule has 0 aromatic heterocycles. The molecule has 0 unspecified atom stereocenters. The number of aromatic hydroxyl groups is 1. The van der Waals surface area contributed by atoms with Gasteiger partial charge in [0.2, 0.25) is 0 Å². The Morgan fingerprint density at radius 1 is 0.917 bits per heavy atom. The molecule has 0 fully saturated rings. The van der Waals surface area contributed by atoms with Crippen LogP contribution in [0.2, 0.25) is 5.02 Å². The van der Waals surface area contributed by atoms with E-state index in [1.54, 1.807) is 42.5 Å². The third kappa shape index (κ3) is 4.39. The van der Waals surface area contributed by atoms with Crippen LogP contribution in [0.25, 0.3) is 11.1 Å². The Bertz CT molecular complexity index is 1530. The van der Waals surface area contributed by atoms with Crippen LogP contribution in [0, 0.1) is 0 Å². The van der Waals surface area contributed by atoms with Crippen LogP contribution in [0.4, 0.5) is 11.4 Å². The number of hydrazone groups is 1. The Kier molecular flexibility index (Phi) is 6.14. The molecule has 0 atom stereocenters. The molecular formula is C28H20ClN3O4. The van der Waals surface area contributed by atoms with Crippen molar-refractivity contribution >= 4 is 40.6 Å². The zero-order valence-corrected chi connectivity index (χ0v) is 19.6. The zero-order chi connectivity index (χ0) is 25.2. The summed E-state index contributed by atoms with van der Waals surface area (Å²) in [5.74, 6) is -1.64. The van der Waals surface area contributed by atoms with Gasteiger partial charge in [0.1, 0.15) is 5.75 Å². The van der Waals surface area contributed by atoms with Crippen molar-refractivity contribution in [1.29, 1.82) is 0 Å². The summed E-state index contributed by atoms with van der Waals surface area (Å²) >= 11 is 6.39. The summed E-state index contributed by atoms with van der Waals surface area (Å²) < 4.78 is 0. The first-order valence-corrected chi connectivity index (χ1v) is 11.5. The van der Waals surface area contributed by atoms with Gasteiger partial charge in [-0.1, -0.05) is 72.3 Å². The summed E-state index contributed by atoms with van der Waals surface area (Å²) in [4.78, 5) is 24.9. The lowest BCUT2D eigenvalue weighted by molar-refractivity contribution is -0.110. The minimum absolute atomic E-state index is 0.0166. The van der Waals surface area contributed by atoms with Crippen molar-refractivity contribution in [3.63, 3.8) is 0 Å². The number of carboxylic acid groups (broad SMARTS) is 1. The Balaban J connectivity index is 1.57. The standard InChI is InChI=1S/C28H20ClN3O4/c29-18-14-17(13-16-7-2-1-3-8-16)24-22(15-18)26(27(34)30-24)32-31-25-20(10-6-11-21(25)28(35)36)19-9-4-5-12-23(19)33/h1-12,14-15,31,33H,13H2,(H,35,36)(H,30,32,34). The smallest absolute Gasteiger partial charge is 0.337 e. The number of hydrogen-bond donors (Lipinski definition) is 4. The number of fused-ring (bicyclic) bond motifs is 1. The second kappa shape index (κ2) is 9.56. The summed E-state index contributed by atoms with van der Waals surface area (Å²) in [6, 6.07) is 24.5. The van der Waals surface area contributed by atoms with Crippen molar-refractivity contribution in [2.75, 3.05) is 10.7 Å². The van der Waals surface area contributed by atoms with E-state index in [2.05, 4.69) is 15.8 Å². The number of phenols is 1. The van der Waals surface area contributed by atoms with Crippen LogP contribution in [0.3, 0.4) is 0 Å². The van der Waals surface area contributed by atoms with E-state index in [1.165, 1.54) is 12.1 Å². The van der Waals surface area contributed by atoms with Crippen LogP contribution in [-0.4, -0.2) is 27.8 Å². The maximum absolute atomic E-state index is 12.9. The summed E-state index contributed by atoms with van der Waals surface area (Å²) in [7, 11) is 0. The number of benzene rings is 4. The van der Waals surface area contributed by atoms with Gasteiger partial charge in [-0.25, -0.2) is 4.79 Å². The van der Waals surface area contributed by atoms with E-state index in [4.69, 9.17) is 11.6 Å². The van der Waals surface area contributed by atoms with Crippen molar-refractivity contribution < 1.29 is 19.8 Å². The number of rotatable bonds is 6. The van der Waals surface area contributed by atoms with Crippen LogP contribution in [0.1, 0.15) is 27.0 Å². The van der Waals surface area contributed by atoms with Gasteiger partial charge in [0.05, 0.1) is 16.9 Å². The third-order valence-electron chi connectivity index (χ3n) is 5.90. The van der Waals surface area contributed by atoms with Gasteiger partial charge < -0.3 is 15.5 Å². The fourth-order valence-corrected chi connectivity index (χ4v) is 4.49. The molecule has 0 spiro atoms. The van der Waals surface area contributed by atoms with Gasteiger partial charge in [0.15, 0.2) is 5.71 Å². The highest BCUT2D eigenvalue weighted by Crippen LogP contribution is 2.37. The van der Waals surface area contributed by atoms with Crippen molar-refractivity contribution in [3.05, 3.63) is 112 Å². The lowest BCUT2D eigenvalue weighted by atomic mass is 9.99. The van der Waals surface area contributed by atoms with Crippen molar-refractivity contribution in [1.82, 2.24) is 0 Å². The monoisotopic (exact) mass is 497 g/mol. The number of para-hydroxylation sites is 2. The number of carbonyl (C=O) groups is 2. The minimum atomic E-state index is -1.18. The normalized spacial score (nSPS) is 13.4. The van der Waals surface area contributed by atoms with Crippen molar-refractivity contribution in [3.8, 4) is 16.9 Å². The Labute approximate surface area is 211 Å².